The van der Waals surface area contributed by atoms with Crippen LogP contribution in [0.2, 0.25) is 0 Å². The number of carbonyl (C=O) groups excluding carboxylic acids is 1. The smallest absolute Gasteiger partial charge is 0.257 e. The van der Waals surface area contributed by atoms with Crippen LogP contribution in [0.5, 0.6) is 0 Å². The van der Waals surface area contributed by atoms with Crippen LogP contribution in [0, 0.1) is 0 Å². The molecule has 2 N–H and O–H groups in total. The molecule has 2 heterocycles. The molecule has 2 aromatic carbocycles. The van der Waals surface area contributed by atoms with E-state index in [4.69, 9.17) is 0 Å². The van der Waals surface area contributed by atoms with Crippen molar-refractivity contribution < 1.29 is 4.79 Å². The van der Waals surface area contributed by atoms with E-state index in [1.807, 2.05) is 41.8 Å². The molecule has 6 heteroatoms. The lowest BCUT2D eigenvalue weighted by atomic mass is 9.95. The zero-order chi connectivity index (χ0) is 18.2. The van der Waals surface area contributed by atoms with Gasteiger partial charge >= 0.3 is 0 Å². The predicted molar refractivity (Wildman–Crippen MR) is 108 cm³/mol. The maximum Gasteiger partial charge on any atom is 0.257 e. The molecule has 134 valence electrons. The molecule has 0 saturated carbocycles. The quantitative estimate of drug-likeness (QED) is 0.540. The van der Waals surface area contributed by atoms with E-state index in [0.29, 0.717) is 5.56 Å². The summed E-state index contributed by atoms with van der Waals surface area (Å²) in [5.74, 6) is -0.0951. The van der Waals surface area contributed by atoms with E-state index in [1.54, 1.807) is 0 Å². The summed E-state index contributed by atoms with van der Waals surface area (Å²) in [5, 5.41) is 10.2. The number of nitrogens with zero attached hydrogens (tertiary/aromatic N) is 2. The van der Waals surface area contributed by atoms with Crippen LogP contribution < -0.4 is 5.32 Å². The van der Waals surface area contributed by atoms with E-state index in [-0.39, 0.29) is 5.91 Å². The van der Waals surface area contributed by atoms with Gasteiger partial charge < -0.3 is 10.3 Å². The van der Waals surface area contributed by atoms with Gasteiger partial charge in [0, 0.05) is 27.7 Å². The summed E-state index contributed by atoms with van der Waals surface area (Å²) < 4.78 is 3.88. The van der Waals surface area contributed by atoms with Crippen LogP contribution >= 0.6 is 11.5 Å². The number of anilines is 1. The number of carbonyl (C=O) groups is 1. The normalized spacial score (nSPS) is 13.5. The van der Waals surface area contributed by atoms with E-state index in [2.05, 4.69) is 26.0 Å². The van der Waals surface area contributed by atoms with Gasteiger partial charge in [0.25, 0.3) is 5.91 Å². The molecule has 0 aliphatic heterocycles. The molecule has 4 aromatic rings. The van der Waals surface area contributed by atoms with Gasteiger partial charge in [-0.25, -0.2) is 0 Å². The van der Waals surface area contributed by atoms with Crippen molar-refractivity contribution in [3.8, 4) is 11.3 Å². The monoisotopic (exact) mass is 374 g/mol. The van der Waals surface area contributed by atoms with Crippen molar-refractivity contribution in [1.29, 1.82) is 0 Å². The Morgan fingerprint density at radius 2 is 1.93 bits per heavy atom. The maximum atomic E-state index is 12.9. The number of aromatic nitrogens is 3. The second-order valence-electron chi connectivity index (χ2n) is 6.84. The summed E-state index contributed by atoms with van der Waals surface area (Å²) in [6.45, 7) is 0. The molecule has 2 aromatic heterocycles. The van der Waals surface area contributed by atoms with Gasteiger partial charge in [-0.3, -0.25) is 4.79 Å². The van der Waals surface area contributed by atoms with E-state index in [1.165, 1.54) is 41.0 Å². The van der Waals surface area contributed by atoms with Gasteiger partial charge in [-0.1, -0.05) is 28.8 Å². The Labute approximate surface area is 160 Å². The lowest BCUT2D eigenvalue weighted by Gasteiger charge is -2.10. The number of H-pyrrole nitrogens is 1. The zero-order valence-electron chi connectivity index (χ0n) is 14.7. The number of aromatic amines is 1. The number of para-hydroxylation sites is 1. The minimum absolute atomic E-state index is 0.0951. The van der Waals surface area contributed by atoms with Crippen LogP contribution in [-0.4, -0.2) is 20.5 Å². The average molecular weight is 374 g/mol. The van der Waals surface area contributed by atoms with Crippen LogP contribution in [0.1, 0.15) is 34.5 Å². The van der Waals surface area contributed by atoms with Gasteiger partial charge in [-0.15, -0.1) is 5.10 Å². The summed E-state index contributed by atoms with van der Waals surface area (Å²) in [6, 6.07) is 13.6. The first-order valence-corrected chi connectivity index (χ1v) is 9.94. The van der Waals surface area contributed by atoms with E-state index in [0.717, 1.165) is 35.3 Å². The lowest BCUT2D eigenvalue weighted by Crippen LogP contribution is -2.12. The SMILES string of the molecule is O=C(Nc1ccc(-c2csnn2)cc1)c1cccc2c3c([nH]c12)CCCC3. The Balaban J connectivity index is 1.43. The minimum atomic E-state index is -0.0951. The van der Waals surface area contributed by atoms with Gasteiger partial charge in [0.1, 0.15) is 5.69 Å². The molecule has 1 aliphatic carbocycles. The molecule has 0 unspecified atom stereocenters. The topological polar surface area (TPSA) is 70.7 Å². The van der Waals surface area contributed by atoms with Crippen molar-refractivity contribution in [3.63, 3.8) is 0 Å². The van der Waals surface area contributed by atoms with E-state index < -0.39 is 0 Å². The fourth-order valence-electron chi connectivity index (χ4n) is 3.83. The van der Waals surface area contributed by atoms with Gasteiger partial charge in [0.05, 0.1) is 11.1 Å². The molecule has 0 saturated heterocycles. The third kappa shape index (κ3) is 2.92. The van der Waals surface area contributed by atoms with Crippen LogP contribution in [0.15, 0.2) is 47.8 Å². The van der Waals surface area contributed by atoms with Crippen molar-refractivity contribution in [1.82, 2.24) is 14.6 Å². The molecule has 27 heavy (non-hydrogen) atoms. The fraction of sp³-hybridized carbons (Fsp3) is 0.190. The summed E-state index contributed by atoms with van der Waals surface area (Å²) in [6.07, 6.45) is 4.59. The first-order chi connectivity index (χ1) is 13.3. The Kier molecular flexibility index (Phi) is 3.98. The first-order valence-electron chi connectivity index (χ1n) is 9.11. The summed E-state index contributed by atoms with van der Waals surface area (Å²) in [7, 11) is 0. The van der Waals surface area contributed by atoms with Gasteiger partial charge in [-0.2, -0.15) is 0 Å². The number of nitrogens with one attached hydrogen (secondary N) is 2. The second kappa shape index (κ2) is 6.63. The highest BCUT2D eigenvalue weighted by Crippen LogP contribution is 2.31. The number of hydrogen-bond donors (Lipinski definition) is 2. The largest absolute Gasteiger partial charge is 0.358 e. The first kappa shape index (κ1) is 16.2. The van der Waals surface area contributed by atoms with Crippen molar-refractivity contribution in [2.24, 2.45) is 0 Å². The highest BCUT2D eigenvalue weighted by molar-refractivity contribution is 7.03. The summed E-state index contributed by atoms with van der Waals surface area (Å²) in [5.41, 5.74) is 6.91. The van der Waals surface area contributed by atoms with Crippen LogP contribution in [0.4, 0.5) is 5.69 Å². The molecule has 0 atom stereocenters. The highest BCUT2D eigenvalue weighted by atomic mass is 32.1. The molecule has 0 bridgehead atoms. The highest BCUT2D eigenvalue weighted by Gasteiger charge is 2.19. The number of rotatable bonds is 3. The second-order valence-corrected chi connectivity index (χ2v) is 7.45. The zero-order valence-corrected chi connectivity index (χ0v) is 15.5. The molecule has 1 amide bonds. The molecule has 0 radical (unpaired) electrons. The molecule has 0 fully saturated rings. The third-order valence-electron chi connectivity index (χ3n) is 5.18. The Morgan fingerprint density at radius 1 is 1.07 bits per heavy atom. The number of fused-ring (bicyclic) bond motifs is 3. The predicted octanol–water partition coefficient (Wildman–Crippen LogP) is 4.82. The summed E-state index contributed by atoms with van der Waals surface area (Å²) in [4.78, 5) is 16.4. The number of aryl methyl sites for hydroxylation is 2. The molecular formula is C21H18N4OS. The van der Waals surface area contributed by atoms with Gasteiger partial charge in [0.2, 0.25) is 0 Å². The van der Waals surface area contributed by atoms with Crippen LogP contribution in [0.25, 0.3) is 22.2 Å². The van der Waals surface area contributed by atoms with Crippen LogP contribution in [-0.2, 0) is 12.8 Å². The van der Waals surface area contributed by atoms with Crippen molar-refractivity contribution in [2.45, 2.75) is 25.7 Å². The van der Waals surface area contributed by atoms with E-state index in [9.17, 15) is 4.79 Å². The number of benzene rings is 2. The average Bonchev–Trinajstić information content (AvgIpc) is 3.36. The van der Waals surface area contributed by atoms with Crippen molar-refractivity contribution in [2.75, 3.05) is 5.32 Å². The van der Waals surface area contributed by atoms with Crippen LogP contribution in [0.3, 0.4) is 0 Å². The molecule has 1 aliphatic rings. The Morgan fingerprint density at radius 3 is 2.74 bits per heavy atom. The van der Waals surface area contributed by atoms with Gasteiger partial charge in [-0.05, 0) is 61.0 Å². The number of amides is 1. The van der Waals surface area contributed by atoms with Crippen molar-refractivity contribution >= 4 is 34.0 Å². The Hall–Kier alpha value is -2.99. The van der Waals surface area contributed by atoms with E-state index >= 15 is 0 Å². The molecule has 5 rings (SSSR count). The summed E-state index contributed by atoms with van der Waals surface area (Å²) >= 11 is 1.32. The Bertz CT molecular complexity index is 1110. The molecular weight excluding hydrogens is 356 g/mol. The maximum absolute atomic E-state index is 12.9. The molecule has 5 nitrogen and oxygen atoms in total. The van der Waals surface area contributed by atoms with Crippen molar-refractivity contribution in [3.05, 3.63) is 64.7 Å². The molecule has 0 spiro atoms. The number of hydrogen-bond acceptors (Lipinski definition) is 4. The standard InChI is InChI=1S/C21H18N4OS/c26-21(22-14-10-8-13(9-11-14)19-12-27-25-24-19)17-6-3-5-16-15-4-1-2-7-18(15)23-20(16)17/h3,5-6,8-12,23H,1-2,4,7H2,(H,22,26). The third-order valence-corrected chi connectivity index (χ3v) is 5.68. The lowest BCUT2D eigenvalue weighted by molar-refractivity contribution is 0.102. The van der Waals surface area contributed by atoms with Gasteiger partial charge in [0.15, 0.2) is 0 Å². The minimum Gasteiger partial charge on any atom is -0.358 e. The fourth-order valence-corrected chi connectivity index (χ4v) is 4.30.